The summed E-state index contributed by atoms with van der Waals surface area (Å²) in [5, 5.41) is 10.9. The lowest BCUT2D eigenvalue weighted by Gasteiger charge is -2.36. The van der Waals surface area contributed by atoms with Crippen LogP contribution in [0.2, 0.25) is 0 Å². The summed E-state index contributed by atoms with van der Waals surface area (Å²) < 4.78 is 1.68. The number of nitrogens with one attached hydrogen (secondary N) is 1. The summed E-state index contributed by atoms with van der Waals surface area (Å²) in [6.07, 6.45) is 4.13. The molecule has 1 fully saturated rings. The Bertz CT molecular complexity index is 925. The summed E-state index contributed by atoms with van der Waals surface area (Å²) in [7, 11) is 4.30. The van der Waals surface area contributed by atoms with E-state index in [0.29, 0.717) is 11.7 Å². The third-order valence-electron chi connectivity index (χ3n) is 5.20. The monoisotopic (exact) mass is 364 g/mol. The number of hydrogen-bond donors (Lipinski definition) is 1. The fourth-order valence-corrected chi connectivity index (χ4v) is 3.58. The van der Waals surface area contributed by atoms with Gasteiger partial charge >= 0.3 is 0 Å². The molecule has 1 aliphatic heterocycles. The molecule has 0 unspecified atom stereocenters. The van der Waals surface area contributed by atoms with Crippen LogP contribution in [-0.4, -0.2) is 58.6 Å². The SMILES string of the molecule is CN(C)C1CCN(c2ccc(NC(=O)c3nnc4ccccn34)cc2)CC1. The Hall–Kier alpha value is -2.93. The largest absolute Gasteiger partial charge is 0.371 e. The van der Waals surface area contributed by atoms with Gasteiger partial charge in [-0.15, -0.1) is 10.2 Å². The van der Waals surface area contributed by atoms with Gasteiger partial charge in [0.15, 0.2) is 5.65 Å². The molecule has 1 aliphatic rings. The summed E-state index contributed by atoms with van der Waals surface area (Å²) in [5.74, 6) is 0.00804. The first-order valence-electron chi connectivity index (χ1n) is 9.24. The molecule has 1 amide bonds. The molecule has 0 atom stereocenters. The zero-order chi connectivity index (χ0) is 18.8. The third kappa shape index (κ3) is 3.64. The van der Waals surface area contributed by atoms with E-state index in [4.69, 9.17) is 0 Å². The van der Waals surface area contributed by atoms with Crippen LogP contribution in [0.4, 0.5) is 11.4 Å². The Kier molecular flexibility index (Phi) is 4.77. The minimum atomic E-state index is -0.270. The predicted octanol–water partition coefficient (Wildman–Crippen LogP) is 2.51. The Labute approximate surface area is 158 Å². The van der Waals surface area contributed by atoms with Crippen molar-refractivity contribution in [3.63, 3.8) is 0 Å². The first kappa shape index (κ1) is 17.5. The molecule has 4 rings (SSSR count). The quantitative estimate of drug-likeness (QED) is 0.771. The Morgan fingerprint density at radius 1 is 1.07 bits per heavy atom. The van der Waals surface area contributed by atoms with Crippen LogP contribution in [0, 0.1) is 0 Å². The summed E-state index contributed by atoms with van der Waals surface area (Å²) in [4.78, 5) is 17.2. The number of carbonyl (C=O) groups is 1. The molecule has 3 aromatic rings. The van der Waals surface area contributed by atoms with E-state index in [1.807, 2.05) is 30.3 Å². The molecule has 2 aromatic heterocycles. The number of aromatic nitrogens is 3. The standard InChI is InChI=1S/C20H24N6O/c1-24(2)16-10-13-25(14-11-16)17-8-6-15(7-9-17)21-20(27)19-23-22-18-5-3-4-12-26(18)19/h3-9,12,16H,10-11,13-14H2,1-2H3,(H,21,27). The molecule has 27 heavy (non-hydrogen) atoms. The minimum Gasteiger partial charge on any atom is -0.371 e. The van der Waals surface area contributed by atoms with Gasteiger partial charge in [-0.3, -0.25) is 9.20 Å². The van der Waals surface area contributed by atoms with Gasteiger partial charge in [0.05, 0.1) is 0 Å². The summed E-state index contributed by atoms with van der Waals surface area (Å²) in [5.41, 5.74) is 2.59. The van der Waals surface area contributed by atoms with Gasteiger partial charge < -0.3 is 15.1 Å². The van der Waals surface area contributed by atoms with Crippen LogP contribution in [0.3, 0.4) is 0 Å². The van der Waals surface area contributed by atoms with E-state index in [1.54, 1.807) is 10.6 Å². The number of rotatable bonds is 4. The summed E-state index contributed by atoms with van der Waals surface area (Å²) in [6, 6.07) is 14.2. The van der Waals surface area contributed by atoms with E-state index in [9.17, 15) is 4.79 Å². The molecule has 7 heteroatoms. The number of fused-ring (bicyclic) bond motifs is 1. The number of anilines is 2. The molecule has 7 nitrogen and oxygen atoms in total. The highest BCUT2D eigenvalue weighted by Gasteiger charge is 2.21. The van der Waals surface area contributed by atoms with Gasteiger partial charge in [-0.05, 0) is 63.3 Å². The molecule has 0 saturated carbocycles. The number of pyridine rings is 1. The lowest BCUT2D eigenvalue weighted by Crippen LogP contribution is -2.41. The second kappa shape index (κ2) is 7.36. The highest BCUT2D eigenvalue weighted by molar-refractivity contribution is 6.02. The van der Waals surface area contributed by atoms with Crippen molar-refractivity contribution < 1.29 is 4.79 Å². The summed E-state index contributed by atoms with van der Waals surface area (Å²) in [6.45, 7) is 2.11. The lowest BCUT2D eigenvalue weighted by molar-refractivity contribution is 0.101. The van der Waals surface area contributed by atoms with Crippen molar-refractivity contribution in [2.75, 3.05) is 37.4 Å². The number of amides is 1. The van der Waals surface area contributed by atoms with Crippen molar-refractivity contribution in [1.29, 1.82) is 0 Å². The van der Waals surface area contributed by atoms with E-state index in [-0.39, 0.29) is 11.7 Å². The number of benzene rings is 1. The van der Waals surface area contributed by atoms with Gasteiger partial charge in [0, 0.05) is 36.7 Å². The molecule has 0 aliphatic carbocycles. The van der Waals surface area contributed by atoms with Gasteiger partial charge in [-0.1, -0.05) is 6.07 Å². The molecule has 1 saturated heterocycles. The third-order valence-corrected chi connectivity index (χ3v) is 5.20. The first-order valence-corrected chi connectivity index (χ1v) is 9.24. The Balaban J connectivity index is 1.41. The van der Waals surface area contributed by atoms with Gasteiger partial charge in [0.2, 0.25) is 5.82 Å². The molecule has 0 radical (unpaired) electrons. The van der Waals surface area contributed by atoms with Crippen molar-refractivity contribution in [3.05, 3.63) is 54.5 Å². The normalized spacial score (nSPS) is 15.4. The molecule has 0 bridgehead atoms. The average Bonchev–Trinajstić information content (AvgIpc) is 3.13. The van der Waals surface area contributed by atoms with Crippen LogP contribution in [0.1, 0.15) is 23.5 Å². The molecular weight excluding hydrogens is 340 g/mol. The predicted molar refractivity (Wildman–Crippen MR) is 106 cm³/mol. The lowest BCUT2D eigenvalue weighted by atomic mass is 10.0. The fraction of sp³-hybridized carbons (Fsp3) is 0.350. The van der Waals surface area contributed by atoms with Crippen molar-refractivity contribution >= 4 is 22.9 Å². The van der Waals surface area contributed by atoms with Crippen LogP contribution in [0.25, 0.3) is 5.65 Å². The van der Waals surface area contributed by atoms with Crippen LogP contribution in [0.5, 0.6) is 0 Å². The van der Waals surface area contributed by atoms with Crippen LogP contribution >= 0.6 is 0 Å². The average molecular weight is 364 g/mol. The highest BCUT2D eigenvalue weighted by Crippen LogP contribution is 2.23. The van der Waals surface area contributed by atoms with Crippen molar-refractivity contribution in [2.45, 2.75) is 18.9 Å². The number of hydrogen-bond acceptors (Lipinski definition) is 5. The molecule has 1 aromatic carbocycles. The van der Waals surface area contributed by atoms with E-state index >= 15 is 0 Å². The van der Waals surface area contributed by atoms with E-state index < -0.39 is 0 Å². The Morgan fingerprint density at radius 2 is 1.81 bits per heavy atom. The summed E-state index contributed by atoms with van der Waals surface area (Å²) >= 11 is 0. The first-order chi connectivity index (χ1) is 13.1. The minimum absolute atomic E-state index is 0.270. The smallest absolute Gasteiger partial charge is 0.293 e. The van der Waals surface area contributed by atoms with E-state index in [1.165, 1.54) is 18.5 Å². The second-order valence-electron chi connectivity index (χ2n) is 7.14. The zero-order valence-electron chi connectivity index (χ0n) is 15.7. The molecule has 0 spiro atoms. The van der Waals surface area contributed by atoms with Crippen molar-refractivity contribution in [3.8, 4) is 0 Å². The number of carbonyl (C=O) groups excluding carboxylic acids is 1. The van der Waals surface area contributed by atoms with E-state index in [2.05, 4.69) is 51.5 Å². The van der Waals surface area contributed by atoms with Gasteiger partial charge in [0.25, 0.3) is 5.91 Å². The van der Waals surface area contributed by atoms with E-state index in [0.717, 1.165) is 18.8 Å². The van der Waals surface area contributed by atoms with Gasteiger partial charge in [0.1, 0.15) is 0 Å². The number of nitrogens with zero attached hydrogens (tertiary/aromatic N) is 5. The zero-order valence-corrected chi connectivity index (χ0v) is 15.7. The maximum absolute atomic E-state index is 12.5. The molecule has 1 N–H and O–H groups in total. The van der Waals surface area contributed by atoms with Crippen LogP contribution in [0.15, 0.2) is 48.7 Å². The molecule has 140 valence electrons. The maximum atomic E-state index is 12.5. The van der Waals surface area contributed by atoms with Crippen LogP contribution < -0.4 is 10.2 Å². The van der Waals surface area contributed by atoms with Crippen molar-refractivity contribution in [1.82, 2.24) is 19.5 Å². The van der Waals surface area contributed by atoms with Crippen molar-refractivity contribution in [2.24, 2.45) is 0 Å². The highest BCUT2D eigenvalue weighted by atomic mass is 16.2. The molecular formula is C20H24N6O. The fourth-order valence-electron chi connectivity index (χ4n) is 3.58. The Morgan fingerprint density at radius 3 is 2.52 bits per heavy atom. The topological polar surface area (TPSA) is 65.8 Å². The second-order valence-corrected chi connectivity index (χ2v) is 7.14. The van der Waals surface area contributed by atoms with Gasteiger partial charge in [-0.2, -0.15) is 0 Å². The van der Waals surface area contributed by atoms with Gasteiger partial charge in [-0.25, -0.2) is 0 Å². The molecule has 3 heterocycles. The maximum Gasteiger partial charge on any atom is 0.293 e. The number of piperidine rings is 1. The van der Waals surface area contributed by atoms with Crippen LogP contribution in [-0.2, 0) is 0 Å².